The number of rotatable bonds is 10. The molecule has 7 nitrogen and oxygen atoms in total. The van der Waals surface area contributed by atoms with Crippen molar-refractivity contribution in [1.29, 1.82) is 0 Å². The summed E-state index contributed by atoms with van der Waals surface area (Å²) in [6, 6.07) is 10.4. The van der Waals surface area contributed by atoms with Crippen molar-refractivity contribution in [3.63, 3.8) is 0 Å². The molecular weight excluding hydrogens is 396 g/mol. The molecule has 2 aromatic rings. The van der Waals surface area contributed by atoms with Crippen LogP contribution in [0.5, 0.6) is 11.5 Å². The van der Waals surface area contributed by atoms with Crippen LogP contribution in [0.25, 0.3) is 11.1 Å². The maximum atomic E-state index is 11.9. The van der Waals surface area contributed by atoms with E-state index >= 15 is 0 Å². The van der Waals surface area contributed by atoms with Gasteiger partial charge in [-0.05, 0) is 48.2 Å². The predicted octanol–water partition coefficient (Wildman–Crippen LogP) is 2.50. The molecule has 0 saturated heterocycles. The summed E-state index contributed by atoms with van der Waals surface area (Å²) >= 11 is 0. The Hall–Kier alpha value is -2.58. The van der Waals surface area contributed by atoms with E-state index in [2.05, 4.69) is 0 Å². The van der Waals surface area contributed by atoms with Gasteiger partial charge in [-0.2, -0.15) is 0 Å². The Morgan fingerprint density at radius 2 is 1.83 bits per heavy atom. The van der Waals surface area contributed by atoms with Crippen LogP contribution in [0.3, 0.4) is 0 Å². The fraction of sp³-hybridized carbons (Fsp3) is 0.381. The van der Waals surface area contributed by atoms with Gasteiger partial charge in [-0.3, -0.25) is 0 Å². The molecule has 1 N–H and O–H groups in total. The summed E-state index contributed by atoms with van der Waals surface area (Å²) in [6.45, 7) is 0.234. The van der Waals surface area contributed by atoms with Crippen molar-refractivity contribution >= 4 is 15.8 Å². The number of aliphatic hydroxyl groups excluding tert-OH is 1. The smallest absolute Gasteiger partial charge is 0.337 e. The quantitative estimate of drug-likeness (QED) is 0.464. The van der Waals surface area contributed by atoms with Crippen molar-refractivity contribution in [2.45, 2.75) is 12.8 Å². The number of ether oxygens (including phenoxy) is 3. The molecule has 0 fully saturated rings. The van der Waals surface area contributed by atoms with Gasteiger partial charge in [0, 0.05) is 24.5 Å². The summed E-state index contributed by atoms with van der Waals surface area (Å²) < 4.78 is 38.3. The molecule has 158 valence electrons. The summed E-state index contributed by atoms with van der Waals surface area (Å²) in [6.07, 6.45) is 2.01. The molecule has 0 atom stereocenters. The number of sulfone groups is 1. The summed E-state index contributed by atoms with van der Waals surface area (Å²) in [5, 5.41) is 9.38. The highest BCUT2D eigenvalue weighted by Crippen LogP contribution is 2.36. The molecule has 0 spiro atoms. The minimum Gasteiger partial charge on any atom is -0.496 e. The van der Waals surface area contributed by atoms with Crippen LogP contribution in [0.4, 0.5) is 0 Å². The van der Waals surface area contributed by atoms with Crippen molar-refractivity contribution < 1.29 is 32.5 Å². The van der Waals surface area contributed by atoms with Crippen LogP contribution in [0, 0.1) is 0 Å². The molecule has 0 aliphatic heterocycles. The third-order valence-electron chi connectivity index (χ3n) is 4.30. The molecule has 0 saturated carbocycles. The summed E-state index contributed by atoms with van der Waals surface area (Å²) in [4.78, 5) is 11.9. The van der Waals surface area contributed by atoms with Gasteiger partial charge >= 0.3 is 5.97 Å². The Kier molecular flexibility index (Phi) is 8.04. The van der Waals surface area contributed by atoms with Gasteiger partial charge in [0.1, 0.15) is 21.3 Å². The molecule has 0 bridgehead atoms. The van der Waals surface area contributed by atoms with E-state index in [0.717, 1.165) is 16.7 Å². The molecule has 2 rings (SSSR count). The first-order chi connectivity index (χ1) is 13.8. The fourth-order valence-corrected chi connectivity index (χ4v) is 3.55. The SMILES string of the molecule is COC(=O)c1ccc(CCO)c(-c2ccc(OCCCS(C)(=O)=O)cc2OC)c1. The van der Waals surface area contributed by atoms with Gasteiger partial charge in [-0.25, -0.2) is 13.2 Å². The first kappa shape index (κ1) is 22.7. The van der Waals surface area contributed by atoms with Crippen LogP contribution < -0.4 is 9.47 Å². The van der Waals surface area contributed by atoms with Gasteiger partial charge < -0.3 is 19.3 Å². The lowest BCUT2D eigenvalue weighted by molar-refractivity contribution is 0.0600. The van der Waals surface area contributed by atoms with Crippen molar-refractivity contribution in [2.75, 3.05) is 39.4 Å². The van der Waals surface area contributed by atoms with E-state index in [-0.39, 0.29) is 19.0 Å². The van der Waals surface area contributed by atoms with Gasteiger partial charge in [0.2, 0.25) is 0 Å². The van der Waals surface area contributed by atoms with E-state index in [4.69, 9.17) is 14.2 Å². The van der Waals surface area contributed by atoms with Gasteiger partial charge in [0.25, 0.3) is 0 Å². The van der Waals surface area contributed by atoms with E-state index < -0.39 is 15.8 Å². The largest absolute Gasteiger partial charge is 0.496 e. The third kappa shape index (κ3) is 6.47. The van der Waals surface area contributed by atoms with E-state index in [1.807, 2.05) is 6.07 Å². The average molecular weight is 422 g/mol. The standard InChI is InChI=1S/C21H26O7S/c1-26-20-14-17(28-11-4-12-29(3,24)25)7-8-18(20)19-13-16(21(23)27-2)6-5-15(19)9-10-22/h5-8,13-14,22H,4,9-12H2,1-3H3. The number of methoxy groups -OCH3 is 2. The predicted molar refractivity (Wildman–Crippen MR) is 110 cm³/mol. The number of aliphatic hydroxyl groups is 1. The molecule has 0 amide bonds. The summed E-state index contributed by atoms with van der Waals surface area (Å²) in [7, 11) is -0.171. The summed E-state index contributed by atoms with van der Waals surface area (Å²) in [5.74, 6) is 0.693. The van der Waals surface area contributed by atoms with Gasteiger partial charge in [0.15, 0.2) is 0 Å². The lowest BCUT2D eigenvalue weighted by atomic mass is 9.94. The maximum Gasteiger partial charge on any atom is 0.337 e. The van der Waals surface area contributed by atoms with E-state index in [1.165, 1.54) is 20.5 Å². The molecular formula is C21H26O7S. The second kappa shape index (κ2) is 10.3. The number of hydrogen-bond acceptors (Lipinski definition) is 7. The molecule has 0 radical (unpaired) electrons. The molecule has 2 aromatic carbocycles. The van der Waals surface area contributed by atoms with Crippen LogP contribution in [0.2, 0.25) is 0 Å². The van der Waals surface area contributed by atoms with E-state index in [1.54, 1.807) is 30.3 Å². The van der Waals surface area contributed by atoms with Crippen molar-refractivity contribution in [3.05, 3.63) is 47.5 Å². The molecule has 0 heterocycles. The number of benzene rings is 2. The van der Waals surface area contributed by atoms with E-state index in [0.29, 0.717) is 29.9 Å². The average Bonchev–Trinajstić information content (AvgIpc) is 2.70. The van der Waals surface area contributed by atoms with Crippen LogP contribution >= 0.6 is 0 Å². The Balaban J connectivity index is 2.32. The van der Waals surface area contributed by atoms with Crippen molar-refractivity contribution in [1.82, 2.24) is 0 Å². The molecule has 0 aliphatic rings. The number of carbonyl (C=O) groups is 1. The third-order valence-corrected chi connectivity index (χ3v) is 5.33. The van der Waals surface area contributed by atoms with Crippen LogP contribution in [0.1, 0.15) is 22.3 Å². The lowest BCUT2D eigenvalue weighted by Gasteiger charge is -2.15. The topological polar surface area (TPSA) is 99.1 Å². The van der Waals surface area contributed by atoms with Gasteiger partial charge in [0.05, 0.1) is 32.1 Å². The Morgan fingerprint density at radius 1 is 1.07 bits per heavy atom. The minimum atomic E-state index is -3.02. The molecule has 0 aliphatic carbocycles. The highest BCUT2D eigenvalue weighted by molar-refractivity contribution is 7.90. The highest BCUT2D eigenvalue weighted by Gasteiger charge is 2.15. The molecule has 29 heavy (non-hydrogen) atoms. The van der Waals surface area contributed by atoms with Crippen LogP contribution in [0.15, 0.2) is 36.4 Å². The van der Waals surface area contributed by atoms with Gasteiger partial charge in [-0.1, -0.05) is 6.07 Å². The number of hydrogen-bond donors (Lipinski definition) is 1. The fourth-order valence-electron chi connectivity index (χ4n) is 2.91. The second-order valence-corrected chi connectivity index (χ2v) is 8.79. The molecule has 0 unspecified atom stereocenters. The number of carbonyl (C=O) groups excluding carboxylic acids is 1. The highest BCUT2D eigenvalue weighted by atomic mass is 32.2. The zero-order valence-corrected chi connectivity index (χ0v) is 17.6. The van der Waals surface area contributed by atoms with Crippen molar-refractivity contribution in [2.24, 2.45) is 0 Å². The monoisotopic (exact) mass is 422 g/mol. The molecule has 0 aromatic heterocycles. The normalized spacial score (nSPS) is 11.2. The van der Waals surface area contributed by atoms with Crippen molar-refractivity contribution in [3.8, 4) is 22.6 Å². The van der Waals surface area contributed by atoms with Crippen LogP contribution in [-0.2, 0) is 21.0 Å². The second-order valence-electron chi connectivity index (χ2n) is 6.53. The van der Waals surface area contributed by atoms with E-state index in [9.17, 15) is 18.3 Å². The zero-order valence-electron chi connectivity index (χ0n) is 16.8. The maximum absolute atomic E-state index is 11.9. The van der Waals surface area contributed by atoms with Crippen LogP contribution in [-0.4, -0.2) is 58.9 Å². The Bertz CT molecular complexity index is 951. The van der Waals surface area contributed by atoms with Gasteiger partial charge in [-0.15, -0.1) is 0 Å². The Labute approximate surface area is 171 Å². The zero-order chi connectivity index (χ0) is 21.4. The number of esters is 1. The summed E-state index contributed by atoms with van der Waals surface area (Å²) in [5.41, 5.74) is 2.75. The Morgan fingerprint density at radius 3 is 2.45 bits per heavy atom. The molecule has 8 heteroatoms. The lowest BCUT2D eigenvalue weighted by Crippen LogP contribution is -2.08. The first-order valence-corrected chi connectivity index (χ1v) is 11.2. The first-order valence-electron chi connectivity index (χ1n) is 9.10. The minimum absolute atomic E-state index is 0.0333.